The molecule has 98 valence electrons. The molecule has 1 atom stereocenters. The highest BCUT2D eigenvalue weighted by atomic mass is 16.5. The lowest BCUT2D eigenvalue weighted by Gasteiger charge is -2.06. The highest BCUT2D eigenvalue weighted by molar-refractivity contribution is 5.71. The van der Waals surface area contributed by atoms with Gasteiger partial charge in [-0.3, -0.25) is 0 Å². The van der Waals surface area contributed by atoms with Crippen LogP contribution in [0.2, 0.25) is 0 Å². The molecular weight excluding hydrogens is 228 g/mol. The molecular formula is C13H20N4O. The molecule has 0 aromatic carbocycles. The van der Waals surface area contributed by atoms with E-state index in [1.54, 1.807) is 0 Å². The van der Waals surface area contributed by atoms with Crippen LogP contribution in [0.4, 0.5) is 0 Å². The Morgan fingerprint density at radius 1 is 1.33 bits per heavy atom. The second kappa shape index (κ2) is 5.82. The van der Waals surface area contributed by atoms with Crippen molar-refractivity contribution in [2.75, 3.05) is 6.61 Å². The van der Waals surface area contributed by atoms with E-state index in [1.807, 2.05) is 19.1 Å². The molecule has 0 amide bonds. The van der Waals surface area contributed by atoms with Crippen molar-refractivity contribution in [3.8, 4) is 5.88 Å². The Morgan fingerprint density at radius 3 is 2.89 bits per heavy atom. The lowest BCUT2D eigenvalue weighted by Crippen LogP contribution is -2.22. The van der Waals surface area contributed by atoms with Crippen LogP contribution in [-0.4, -0.2) is 27.6 Å². The fourth-order valence-electron chi connectivity index (χ4n) is 1.97. The molecule has 5 heteroatoms. The molecule has 0 spiro atoms. The smallest absolute Gasteiger partial charge is 0.215 e. The molecule has 1 unspecified atom stereocenters. The molecule has 0 radical (unpaired) electrons. The first-order chi connectivity index (χ1) is 8.72. The number of ether oxygens (including phenoxy) is 1. The van der Waals surface area contributed by atoms with Crippen molar-refractivity contribution in [1.29, 1.82) is 0 Å². The average Bonchev–Trinajstić information content (AvgIpc) is 2.71. The molecule has 0 aliphatic heterocycles. The van der Waals surface area contributed by atoms with E-state index >= 15 is 0 Å². The van der Waals surface area contributed by atoms with Gasteiger partial charge in [0, 0.05) is 18.5 Å². The Hall–Kier alpha value is -1.62. The number of hydrogen-bond donors (Lipinski definition) is 2. The number of nitrogens with two attached hydrogens (primary N) is 1. The number of nitrogens with one attached hydrogen (secondary N) is 1. The van der Waals surface area contributed by atoms with Gasteiger partial charge in [0.05, 0.1) is 12.1 Å². The van der Waals surface area contributed by atoms with Crippen LogP contribution in [0.1, 0.15) is 32.5 Å². The van der Waals surface area contributed by atoms with E-state index in [9.17, 15) is 0 Å². The zero-order valence-corrected chi connectivity index (χ0v) is 10.9. The number of hydrogen-bond acceptors (Lipinski definition) is 4. The molecule has 2 rings (SSSR count). The summed E-state index contributed by atoms with van der Waals surface area (Å²) < 4.78 is 5.35. The number of imidazole rings is 1. The van der Waals surface area contributed by atoms with Crippen molar-refractivity contribution in [1.82, 2.24) is 15.0 Å². The largest absolute Gasteiger partial charge is 0.478 e. The fourth-order valence-corrected chi connectivity index (χ4v) is 1.97. The van der Waals surface area contributed by atoms with Crippen molar-refractivity contribution < 1.29 is 4.74 Å². The average molecular weight is 248 g/mol. The van der Waals surface area contributed by atoms with Gasteiger partial charge in [0.15, 0.2) is 5.65 Å². The molecule has 0 bridgehead atoms. The van der Waals surface area contributed by atoms with E-state index in [1.165, 1.54) is 0 Å². The Morgan fingerprint density at radius 2 is 2.17 bits per heavy atom. The summed E-state index contributed by atoms with van der Waals surface area (Å²) in [6.45, 7) is 4.68. The summed E-state index contributed by atoms with van der Waals surface area (Å²) in [6, 6.07) is 3.94. The van der Waals surface area contributed by atoms with Crippen LogP contribution in [-0.2, 0) is 6.42 Å². The maximum absolute atomic E-state index is 6.01. The number of aromatic amines is 1. The van der Waals surface area contributed by atoms with Gasteiger partial charge in [-0.05, 0) is 19.4 Å². The summed E-state index contributed by atoms with van der Waals surface area (Å²) in [6.07, 6.45) is 2.86. The van der Waals surface area contributed by atoms with Crippen LogP contribution in [0.5, 0.6) is 5.88 Å². The lowest BCUT2D eigenvalue weighted by atomic mass is 10.1. The van der Waals surface area contributed by atoms with E-state index in [-0.39, 0.29) is 6.04 Å². The zero-order chi connectivity index (χ0) is 13.0. The van der Waals surface area contributed by atoms with Crippen LogP contribution in [0.15, 0.2) is 12.1 Å². The number of nitrogens with zero attached hydrogens (tertiary/aromatic N) is 2. The van der Waals surface area contributed by atoms with E-state index < -0.39 is 0 Å². The Kier molecular flexibility index (Phi) is 4.15. The first-order valence-electron chi connectivity index (χ1n) is 6.47. The minimum atomic E-state index is 0.155. The first-order valence-corrected chi connectivity index (χ1v) is 6.47. The molecule has 3 N–H and O–H groups in total. The molecule has 2 aromatic heterocycles. The van der Waals surface area contributed by atoms with Crippen LogP contribution >= 0.6 is 0 Å². The van der Waals surface area contributed by atoms with Gasteiger partial charge in [0.1, 0.15) is 5.82 Å². The Balaban J connectivity index is 2.16. The van der Waals surface area contributed by atoms with Gasteiger partial charge in [-0.15, -0.1) is 0 Å². The van der Waals surface area contributed by atoms with Crippen molar-refractivity contribution in [2.45, 2.75) is 39.2 Å². The topological polar surface area (TPSA) is 76.8 Å². The van der Waals surface area contributed by atoms with Gasteiger partial charge in [-0.1, -0.05) is 13.3 Å². The molecule has 2 heterocycles. The summed E-state index contributed by atoms with van der Waals surface area (Å²) in [5.41, 5.74) is 7.63. The molecule has 0 fully saturated rings. The van der Waals surface area contributed by atoms with E-state index in [0.29, 0.717) is 18.1 Å². The second-order valence-corrected chi connectivity index (χ2v) is 4.39. The standard InChI is InChI=1S/C13H20N4O/c1-3-5-9(14)8-11-15-10-6-7-12(18-4-2)17-13(10)16-11/h6-7,9H,3-5,8,14H2,1-2H3,(H,15,16,17). The maximum atomic E-state index is 6.01. The maximum Gasteiger partial charge on any atom is 0.215 e. The highest BCUT2D eigenvalue weighted by Crippen LogP contribution is 2.15. The summed E-state index contributed by atoms with van der Waals surface area (Å²) >= 11 is 0. The van der Waals surface area contributed by atoms with Gasteiger partial charge in [0.2, 0.25) is 5.88 Å². The number of rotatable bonds is 6. The summed E-state index contributed by atoms with van der Waals surface area (Å²) in [4.78, 5) is 12.0. The Bertz CT molecular complexity index is 509. The van der Waals surface area contributed by atoms with Gasteiger partial charge < -0.3 is 15.5 Å². The summed E-state index contributed by atoms with van der Waals surface area (Å²) in [7, 11) is 0. The van der Waals surface area contributed by atoms with Gasteiger partial charge in [0.25, 0.3) is 0 Å². The van der Waals surface area contributed by atoms with Crippen LogP contribution in [0, 0.1) is 0 Å². The highest BCUT2D eigenvalue weighted by Gasteiger charge is 2.09. The molecule has 5 nitrogen and oxygen atoms in total. The van der Waals surface area contributed by atoms with Gasteiger partial charge in [-0.25, -0.2) is 4.98 Å². The number of aromatic nitrogens is 3. The lowest BCUT2D eigenvalue weighted by molar-refractivity contribution is 0.328. The zero-order valence-electron chi connectivity index (χ0n) is 10.9. The van der Waals surface area contributed by atoms with Crippen LogP contribution in [0.25, 0.3) is 11.2 Å². The second-order valence-electron chi connectivity index (χ2n) is 4.39. The molecule has 0 saturated carbocycles. The minimum Gasteiger partial charge on any atom is -0.478 e. The summed E-state index contributed by atoms with van der Waals surface area (Å²) in [5, 5.41) is 0. The van der Waals surface area contributed by atoms with E-state index in [0.717, 1.165) is 30.6 Å². The van der Waals surface area contributed by atoms with Gasteiger partial charge >= 0.3 is 0 Å². The normalized spacial score (nSPS) is 12.8. The SMILES string of the molecule is CCCC(N)Cc1nc2nc(OCC)ccc2[nH]1. The predicted molar refractivity (Wildman–Crippen MR) is 71.6 cm³/mol. The minimum absolute atomic E-state index is 0.155. The van der Waals surface area contributed by atoms with E-state index in [2.05, 4.69) is 21.9 Å². The number of fused-ring (bicyclic) bond motifs is 1. The Labute approximate surface area is 107 Å². The third-order valence-electron chi connectivity index (χ3n) is 2.78. The monoisotopic (exact) mass is 248 g/mol. The molecule has 18 heavy (non-hydrogen) atoms. The molecule has 0 aliphatic carbocycles. The van der Waals surface area contributed by atoms with Crippen molar-refractivity contribution in [3.63, 3.8) is 0 Å². The van der Waals surface area contributed by atoms with Crippen molar-refractivity contribution >= 4 is 11.2 Å². The third-order valence-corrected chi connectivity index (χ3v) is 2.78. The fraction of sp³-hybridized carbons (Fsp3) is 0.538. The first kappa shape index (κ1) is 12.8. The van der Waals surface area contributed by atoms with Gasteiger partial charge in [-0.2, -0.15) is 4.98 Å². The van der Waals surface area contributed by atoms with Crippen LogP contribution < -0.4 is 10.5 Å². The third kappa shape index (κ3) is 2.98. The van der Waals surface area contributed by atoms with Crippen molar-refractivity contribution in [2.24, 2.45) is 5.73 Å². The molecule has 0 aliphatic rings. The molecule has 2 aromatic rings. The number of H-pyrrole nitrogens is 1. The summed E-state index contributed by atoms with van der Waals surface area (Å²) in [5.74, 6) is 1.51. The number of pyridine rings is 1. The molecule has 0 saturated heterocycles. The van der Waals surface area contributed by atoms with Crippen LogP contribution in [0.3, 0.4) is 0 Å². The quantitative estimate of drug-likeness (QED) is 0.820. The van der Waals surface area contributed by atoms with Crippen molar-refractivity contribution in [3.05, 3.63) is 18.0 Å². The van der Waals surface area contributed by atoms with E-state index in [4.69, 9.17) is 10.5 Å². The predicted octanol–water partition coefficient (Wildman–Crippen LogP) is 2.03.